The quantitative estimate of drug-likeness (QED) is 0.568. The Hall–Kier alpha value is -3.35. The van der Waals surface area contributed by atoms with E-state index in [4.69, 9.17) is 9.84 Å². The van der Waals surface area contributed by atoms with Crippen molar-refractivity contribution in [1.82, 2.24) is 10.2 Å². The normalized spacial score (nSPS) is 19.8. The molecule has 2 aliphatic rings. The largest absolute Gasteiger partial charge is 0.481 e. The maximum atomic E-state index is 13.1. The minimum absolute atomic E-state index is 0.00247. The molecule has 1 fully saturated rings. The zero-order valence-electron chi connectivity index (χ0n) is 20.4. The smallest absolute Gasteiger partial charge is 0.407 e. The Balaban J connectivity index is 1.33. The van der Waals surface area contributed by atoms with Crippen molar-refractivity contribution in [3.63, 3.8) is 0 Å². The third kappa shape index (κ3) is 5.50. The van der Waals surface area contributed by atoms with Crippen molar-refractivity contribution >= 4 is 18.0 Å². The summed E-state index contributed by atoms with van der Waals surface area (Å²) in [5.74, 6) is -1.16. The molecular weight excluding hydrogens is 444 g/mol. The summed E-state index contributed by atoms with van der Waals surface area (Å²) in [5.41, 5.74) is 4.70. The molecule has 2 amide bonds. The van der Waals surface area contributed by atoms with E-state index in [1.54, 1.807) is 11.8 Å². The highest BCUT2D eigenvalue weighted by Gasteiger charge is 2.33. The molecule has 4 rings (SSSR count). The first-order valence-electron chi connectivity index (χ1n) is 12.5. The van der Waals surface area contributed by atoms with Crippen molar-refractivity contribution in [1.29, 1.82) is 0 Å². The molecule has 0 aromatic heterocycles. The number of nitrogens with zero attached hydrogens (tertiary/aromatic N) is 1. The summed E-state index contributed by atoms with van der Waals surface area (Å²) in [7, 11) is 0. The standard InChI is InChI=1S/C28H34N2O5/c1-3-30(18(2)15-26(31)32)27(33)19-9-8-10-20(16-19)29-28(34)35-17-25-23-13-6-4-11-21(23)22-12-5-7-14-24(22)25/h4-7,11-14,18-20,25H,3,8-10,15-17H2,1-2H3,(H,29,34)(H,31,32)/t18?,19-,20-/m1/s1. The molecule has 1 unspecified atom stereocenters. The molecule has 1 saturated carbocycles. The van der Waals surface area contributed by atoms with Crippen LogP contribution in [0.4, 0.5) is 4.79 Å². The fourth-order valence-corrected chi connectivity index (χ4v) is 5.63. The van der Waals surface area contributed by atoms with E-state index in [0.717, 1.165) is 19.3 Å². The third-order valence-corrected chi connectivity index (χ3v) is 7.31. The van der Waals surface area contributed by atoms with Crippen molar-refractivity contribution in [3.05, 3.63) is 59.7 Å². The molecule has 0 aliphatic heterocycles. The highest BCUT2D eigenvalue weighted by atomic mass is 16.5. The lowest BCUT2D eigenvalue weighted by Gasteiger charge is -2.35. The molecule has 2 aliphatic carbocycles. The Kier molecular flexibility index (Phi) is 7.73. The third-order valence-electron chi connectivity index (χ3n) is 7.31. The molecule has 2 aromatic carbocycles. The van der Waals surface area contributed by atoms with Gasteiger partial charge in [0.1, 0.15) is 6.61 Å². The Morgan fingerprint density at radius 2 is 1.69 bits per heavy atom. The van der Waals surface area contributed by atoms with E-state index >= 15 is 0 Å². The fraction of sp³-hybridized carbons (Fsp3) is 0.464. The number of amides is 2. The van der Waals surface area contributed by atoms with E-state index in [1.807, 2.05) is 31.2 Å². The van der Waals surface area contributed by atoms with Gasteiger partial charge in [0.05, 0.1) is 6.42 Å². The second-order valence-corrected chi connectivity index (χ2v) is 9.60. The topological polar surface area (TPSA) is 95.9 Å². The Labute approximate surface area is 206 Å². The van der Waals surface area contributed by atoms with Gasteiger partial charge in [-0.1, -0.05) is 55.0 Å². The van der Waals surface area contributed by atoms with Gasteiger partial charge >= 0.3 is 12.1 Å². The van der Waals surface area contributed by atoms with Crippen LogP contribution in [0.1, 0.15) is 63.0 Å². The van der Waals surface area contributed by atoms with Crippen LogP contribution >= 0.6 is 0 Å². The maximum absolute atomic E-state index is 13.1. The maximum Gasteiger partial charge on any atom is 0.407 e. The number of fused-ring (bicyclic) bond motifs is 3. The van der Waals surface area contributed by atoms with Gasteiger partial charge in [-0.15, -0.1) is 0 Å². The number of carbonyl (C=O) groups excluding carboxylic acids is 2. The fourth-order valence-electron chi connectivity index (χ4n) is 5.63. The average molecular weight is 479 g/mol. The van der Waals surface area contributed by atoms with Crippen LogP contribution in [-0.4, -0.2) is 53.2 Å². The SMILES string of the molecule is CCN(C(=O)[C@@H]1CCC[C@@H](NC(=O)OCC2c3ccccc3-c3ccccc32)C1)C(C)CC(=O)O. The number of benzene rings is 2. The Morgan fingerprint density at radius 3 is 2.29 bits per heavy atom. The van der Waals surface area contributed by atoms with Gasteiger partial charge in [-0.05, 0) is 55.4 Å². The first-order valence-corrected chi connectivity index (χ1v) is 12.5. The van der Waals surface area contributed by atoms with E-state index in [1.165, 1.54) is 22.3 Å². The van der Waals surface area contributed by atoms with Crippen molar-refractivity contribution in [2.24, 2.45) is 5.92 Å². The molecule has 7 heteroatoms. The number of aliphatic carboxylic acids is 1. The number of hydrogen-bond donors (Lipinski definition) is 2. The number of nitrogens with one attached hydrogen (secondary N) is 1. The summed E-state index contributed by atoms with van der Waals surface area (Å²) >= 11 is 0. The molecule has 0 bridgehead atoms. The van der Waals surface area contributed by atoms with E-state index in [2.05, 4.69) is 29.6 Å². The monoisotopic (exact) mass is 478 g/mol. The molecule has 0 spiro atoms. The predicted octanol–water partition coefficient (Wildman–Crippen LogP) is 4.80. The zero-order chi connectivity index (χ0) is 24.9. The van der Waals surface area contributed by atoms with Crippen LogP contribution in [0.3, 0.4) is 0 Å². The highest BCUT2D eigenvalue weighted by molar-refractivity contribution is 5.81. The second kappa shape index (κ2) is 10.9. The number of alkyl carbamates (subject to hydrolysis) is 1. The van der Waals surface area contributed by atoms with E-state index in [9.17, 15) is 14.4 Å². The number of hydrogen-bond acceptors (Lipinski definition) is 4. The lowest BCUT2D eigenvalue weighted by atomic mass is 9.84. The summed E-state index contributed by atoms with van der Waals surface area (Å²) in [4.78, 5) is 38.5. The van der Waals surface area contributed by atoms with Gasteiger partial charge in [-0.3, -0.25) is 9.59 Å². The second-order valence-electron chi connectivity index (χ2n) is 9.60. The van der Waals surface area contributed by atoms with Gasteiger partial charge in [0.25, 0.3) is 0 Å². The first kappa shape index (κ1) is 24.8. The molecule has 186 valence electrons. The number of carbonyl (C=O) groups is 3. The lowest BCUT2D eigenvalue weighted by Crippen LogP contribution is -2.47. The first-order chi connectivity index (χ1) is 16.9. The molecule has 0 saturated heterocycles. The molecule has 0 radical (unpaired) electrons. The van der Waals surface area contributed by atoms with Crippen molar-refractivity contribution < 1.29 is 24.2 Å². The zero-order valence-corrected chi connectivity index (χ0v) is 20.4. The summed E-state index contributed by atoms with van der Waals surface area (Å²) in [5, 5.41) is 12.1. The van der Waals surface area contributed by atoms with E-state index in [0.29, 0.717) is 13.0 Å². The molecule has 3 atom stereocenters. The minimum Gasteiger partial charge on any atom is -0.481 e. The number of carboxylic acid groups (broad SMARTS) is 1. The summed E-state index contributed by atoms with van der Waals surface area (Å²) in [6.45, 7) is 4.36. The van der Waals surface area contributed by atoms with Gasteiger partial charge in [0.2, 0.25) is 5.91 Å². The lowest BCUT2D eigenvalue weighted by molar-refractivity contribution is -0.142. The number of carboxylic acids is 1. The van der Waals surface area contributed by atoms with Gasteiger partial charge in [0, 0.05) is 30.5 Å². The van der Waals surface area contributed by atoms with Gasteiger partial charge in [0.15, 0.2) is 0 Å². The van der Waals surface area contributed by atoms with Gasteiger partial charge < -0.3 is 20.1 Å². The summed E-state index contributed by atoms with van der Waals surface area (Å²) in [6.07, 6.45) is 2.38. The number of ether oxygens (including phenoxy) is 1. The van der Waals surface area contributed by atoms with Crippen LogP contribution in [0, 0.1) is 5.92 Å². The molecule has 7 nitrogen and oxygen atoms in total. The van der Waals surface area contributed by atoms with Crippen molar-refractivity contribution in [2.75, 3.05) is 13.2 Å². The van der Waals surface area contributed by atoms with Gasteiger partial charge in [-0.25, -0.2) is 4.79 Å². The Bertz CT molecular complexity index is 1040. The van der Waals surface area contributed by atoms with E-state index in [-0.39, 0.29) is 42.9 Å². The minimum atomic E-state index is -0.915. The molecular formula is C28H34N2O5. The van der Waals surface area contributed by atoms with E-state index < -0.39 is 12.1 Å². The molecule has 2 N–H and O–H groups in total. The average Bonchev–Trinajstić information content (AvgIpc) is 3.16. The highest BCUT2D eigenvalue weighted by Crippen LogP contribution is 2.44. The van der Waals surface area contributed by atoms with Crippen LogP contribution in [0.15, 0.2) is 48.5 Å². The molecule has 2 aromatic rings. The molecule has 0 heterocycles. The van der Waals surface area contributed by atoms with Crippen LogP contribution in [0.2, 0.25) is 0 Å². The number of rotatable bonds is 8. The van der Waals surface area contributed by atoms with Crippen LogP contribution < -0.4 is 5.32 Å². The van der Waals surface area contributed by atoms with Gasteiger partial charge in [-0.2, -0.15) is 0 Å². The predicted molar refractivity (Wildman–Crippen MR) is 133 cm³/mol. The van der Waals surface area contributed by atoms with Crippen LogP contribution in [0.25, 0.3) is 11.1 Å². The summed E-state index contributed by atoms with van der Waals surface area (Å²) in [6, 6.07) is 15.9. The van der Waals surface area contributed by atoms with Crippen LogP contribution in [-0.2, 0) is 14.3 Å². The summed E-state index contributed by atoms with van der Waals surface area (Å²) < 4.78 is 5.68. The van der Waals surface area contributed by atoms with Crippen LogP contribution in [0.5, 0.6) is 0 Å². The van der Waals surface area contributed by atoms with Crippen molar-refractivity contribution in [3.8, 4) is 11.1 Å². The Morgan fingerprint density at radius 1 is 1.06 bits per heavy atom. The molecule has 35 heavy (non-hydrogen) atoms. The van der Waals surface area contributed by atoms with Crippen molar-refractivity contribution in [2.45, 2.75) is 64.0 Å².